The van der Waals surface area contributed by atoms with Gasteiger partial charge in [0.1, 0.15) is 0 Å². The Morgan fingerprint density at radius 2 is 0.652 bits per heavy atom. The van der Waals surface area contributed by atoms with E-state index < -0.39 is 15.8 Å². The molecule has 2 unspecified atom stereocenters. The fourth-order valence-corrected chi connectivity index (χ4v) is 20.3. The summed E-state index contributed by atoms with van der Waals surface area (Å²) in [5, 5.41) is 12.3. The predicted octanol–water partition coefficient (Wildman–Crippen LogP) is 8.56. The second-order valence-corrected chi connectivity index (χ2v) is 23.7. The summed E-state index contributed by atoms with van der Waals surface area (Å²) >= 11 is 0. The predicted molar refractivity (Wildman–Crippen MR) is 213 cm³/mol. The second kappa shape index (κ2) is 14.5. The van der Waals surface area contributed by atoms with Crippen molar-refractivity contribution in [2.24, 2.45) is 0 Å². The molecule has 2 fully saturated rings. The second-order valence-electron chi connectivity index (χ2n) is 13.2. The highest BCUT2D eigenvalue weighted by Gasteiger charge is 2.35. The molecule has 0 aliphatic carbocycles. The number of hydrogen-bond donors (Lipinski definition) is 0. The molecule has 0 radical (unpaired) electrons. The zero-order valence-electron chi connectivity index (χ0n) is 27.6. The standard InChI is InChI=1S/C42H46P4/c1-31-23-24-32(2)43(31)39-19-11-13-21-41(39)45(35-15-7-5-8-16-35)37-27-29-38(30-28-37)46(36-17-9-6-10-18-36)42-22-14-12-20-40(42)44-33(3)25-26-34(44)4/h5-22,27-34H,23-26H2,1-4H3/t31-,32-,33+,34+,45?,46?. The Hall–Kier alpha value is -2.18. The Morgan fingerprint density at radius 1 is 0.370 bits per heavy atom. The molecule has 4 heteroatoms. The van der Waals surface area contributed by atoms with Gasteiger partial charge in [-0.1, -0.05) is 177 Å². The van der Waals surface area contributed by atoms with Crippen molar-refractivity contribution in [1.29, 1.82) is 0 Å². The highest BCUT2D eigenvalue weighted by Crippen LogP contribution is 2.56. The van der Waals surface area contributed by atoms with Crippen molar-refractivity contribution in [1.82, 2.24) is 0 Å². The van der Waals surface area contributed by atoms with Gasteiger partial charge in [0.15, 0.2) is 0 Å². The highest BCUT2D eigenvalue weighted by molar-refractivity contribution is 7.83. The van der Waals surface area contributed by atoms with Gasteiger partial charge in [0, 0.05) is 0 Å². The molecular weight excluding hydrogens is 628 g/mol. The molecule has 0 N–H and O–H groups in total. The van der Waals surface area contributed by atoms with Crippen LogP contribution in [0.15, 0.2) is 133 Å². The molecule has 234 valence electrons. The lowest BCUT2D eigenvalue weighted by molar-refractivity contribution is 0.777. The first-order valence-electron chi connectivity index (χ1n) is 17.1. The molecule has 0 amide bonds. The minimum absolute atomic E-state index is 0.168. The van der Waals surface area contributed by atoms with E-state index in [1.54, 1.807) is 21.2 Å². The van der Waals surface area contributed by atoms with Gasteiger partial charge in [0.25, 0.3) is 0 Å². The Kier molecular flexibility index (Phi) is 10.2. The molecule has 0 spiro atoms. The molecule has 6 atom stereocenters. The van der Waals surface area contributed by atoms with Crippen LogP contribution in [0, 0.1) is 0 Å². The van der Waals surface area contributed by atoms with Crippen molar-refractivity contribution in [3.63, 3.8) is 0 Å². The summed E-state index contributed by atoms with van der Waals surface area (Å²) in [6.45, 7) is 10.0. The molecule has 5 aromatic carbocycles. The third-order valence-electron chi connectivity index (χ3n) is 10.1. The van der Waals surface area contributed by atoms with E-state index in [9.17, 15) is 0 Å². The van der Waals surface area contributed by atoms with E-state index in [2.05, 4.69) is 161 Å². The molecule has 2 saturated heterocycles. The Bertz CT molecular complexity index is 1590. The summed E-state index contributed by atoms with van der Waals surface area (Å²) in [6, 6.07) is 51.7. The first kappa shape index (κ1) is 32.4. The summed E-state index contributed by atoms with van der Waals surface area (Å²) in [5.74, 6) is 0. The Labute approximate surface area is 282 Å². The fraction of sp³-hybridized carbons (Fsp3) is 0.286. The van der Waals surface area contributed by atoms with Crippen molar-refractivity contribution < 1.29 is 0 Å². The van der Waals surface area contributed by atoms with Crippen LogP contribution in [0.5, 0.6) is 0 Å². The molecule has 5 aromatic rings. The lowest BCUT2D eigenvalue weighted by Gasteiger charge is -2.30. The maximum atomic E-state index is 2.50. The largest absolute Gasteiger partial charge is 0.0688 e. The van der Waals surface area contributed by atoms with Gasteiger partial charge < -0.3 is 0 Å². The van der Waals surface area contributed by atoms with Gasteiger partial charge in [0.2, 0.25) is 0 Å². The minimum atomic E-state index is -0.660. The topological polar surface area (TPSA) is 0 Å². The minimum Gasteiger partial charge on any atom is -0.0688 e. The summed E-state index contributed by atoms with van der Waals surface area (Å²) < 4.78 is 0. The highest BCUT2D eigenvalue weighted by atomic mass is 31.1. The van der Waals surface area contributed by atoms with Crippen LogP contribution in [0.4, 0.5) is 0 Å². The van der Waals surface area contributed by atoms with E-state index in [1.807, 2.05) is 0 Å². The normalized spacial score (nSPS) is 23.4. The molecule has 2 heterocycles. The maximum Gasteiger partial charge on any atom is -0.00740 e. The van der Waals surface area contributed by atoms with E-state index in [4.69, 9.17) is 0 Å². The zero-order valence-corrected chi connectivity index (χ0v) is 31.2. The first-order chi connectivity index (χ1) is 22.5. The van der Waals surface area contributed by atoms with Crippen LogP contribution in [0.1, 0.15) is 53.4 Å². The third kappa shape index (κ3) is 6.46. The molecule has 0 aromatic heterocycles. The van der Waals surface area contributed by atoms with E-state index in [0.29, 0.717) is 0 Å². The van der Waals surface area contributed by atoms with Crippen LogP contribution in [-0.2, 0) is 0 Å². The molecule has 46 heavy (non-hydrogen) atoms. The Balaban J connectivity index is 1.34. The maximum absolute atomic E-state index is 2.50. The van der Waals surface area contributed by atoms with Gasteiger partial charge in [-0.3, -0.25) is 0 Å². The van der Waals surface area contributed by atoms with E-state index in [-0.39, 0.29) is 15.8 Å². The van der Waals surface area contributed by atoms with Crippen LogP contribution in [0.2, 0.25) is 0 Å². The van der Waals surface area contributed by atoms with Crippen LogP contribution in [-0.4, -0.2) is 22.6 Å². The smallest absolute Gasteiger partial charge is 0.00740 e. The van der Waals surface area contributed by atoms with Gasteiger partial charge in [-0.15, -0.1) is 0 Å². The lowest BCUT2D eigenvalue weighted by Crippen LogP contribution is -2.33. The summed E-state index contributed by atoms with van der Waals surface area (Å²) in [7, 11) is -1.66. The first-order valence-corrected chi connectivity index (χ1v) is 22.7. The number of hydrogen-bond acceptors (Lipinski definition) is 0. The third-order valence-corrected chi connectivity index (χ3v) is 22.2. The SMILES string of the molecule is C[C@@H]1CC[C@@H](C)P1c1ccccc1P(c1ccccc1)c1ccc(P(c2ccccc2)c2ccccc2P2[C@@H](C)CC[C@@H]2C)cc1. The quantitative estimate of drug-likeness (QED) is 0.145. The summed E-state index contributed by atoms with van der Waals surface area (Å²) in [5.41, 5.74) is 3.18. The molecule has 0 nitrogen and oxygen atoms in total. The molecule has 0 saturated carbocycles. The van der Waals surface area contributed by atoms with Crippen molar-refractivity contribution in [3.05, 3.63) is 133 Å². The molecule has 7 rings (SSSR count). The van der Waals surface area contributed by atoms with Gasteiger partial charge in [-0.2, -0.15) is 0 Å². The van der Waals surface area contributed by atoms with Crippen LogP contribution in [0.3, 0.4) is 0 Å². The van der Waals surface area contributed by atoms with Gasteiger partial charge in [0.05, 0.1) is 0 Å². The van der Waals surface area contributed by atoms with Gasteiger partial charge in [-0.25, -0.2) is 0 Å². The zero-order chi connectivity index (χ0) is 31.6. The molecule has 0 bridgehead atoms. The number of rotatable bonds is 8. The van der Waals surface area contributed by atoms with Crippen molar-refractivity contribution in [3.8, 4) is 0 Å². The average molecular weight is 675 g/mol. The number of benzene rings is 5. The van der Waals surface area contributed by atoms with Crippen LogP contribution in [0.25, 0.3) is 0 Å². The van der Waals surface area contributed by atoms with E-state index in [0.717, 1.165) is 22.6 Å². The van der Waals surface area contributed by atoms with Crippen molar-refractivity contribution in [2.45, 2.75) is 76.0 Å². The van der Waals surface area contributed by atoms with Gasteiger partial charge >= 0.3 is 0 Å². The Morgan fingerprint density at radius 3 is 1.00 bits per heavy atom. The van der Waals surface area contributed by atoms with E-state index in [1.165, 1.54) is 46.9 Å². The van der Waals surface area contributed by atoms with E-state index >= 15 is 0 Å². The summed E-state index contributed by atoms with van der Waals surface area (Å²) in [6.07, 6.45) is 5.46. The summed E-state index contributed by atoms with van der Waals surface area (Å²) in [4.78, 5) is 0. The average Bonchev–Trinajstić information content (AvgIpc) is 3.61. The fourth-order valence-electron chi connectivity index (χ4n) is 7.84. The van der Waals surface area contributed by atoms with Crippen LogP contribution < -0.4 is 42.4 Å². The molecule has 2 aliphatic heterocycles. The van der Waals surface area contributed by atoms with Crippen LogP contribution >= 0.6 is 31.7 Å². The van der Waals surface area contributed by atoms with Gasteiger partial charge in [-0.05, 0) is 107 Å². The molecular formula is C42H46P4. The lowest BCUT2D eigenvalue weighted by atomic mass is 10.2. The molecule has 2 aliphatic rings. The van der Waals surface area contributed by atoms with Crippen molar-refractivity contribution in [2.75, 3.05) is 0 Å². The van der Waals surface area contributed by atoms with Crippen molar-refractivity contribution >= 4 is 74.1 Å². The monoisotopic (exact) mass is 674 g/mol.